The summed E-state index contributed by atoms with van der Waals surface area (Å²) in [4.78, 5) is 25.6. The van der Waals surface area contributed by atoms with Crippen molar-refractivity contribution >= 4 is 23.3 Å². The number of ether oxygens (including phenoxy) is 1. The molecule has 2 heterocycles. The van der Waals surface area contributed by atoms with Crippen molar-refractivity contribution in [2.24, 2.45) is 5.92 Å². The van der Waals surface area contributed by atoms with E-state index in [-0.39, 0.29) is 11.8 Å². The number of rotatable bonds is 6. The average Bonchev–Trinajstić information content (AvgIpc) is 3.44. The second-order valence-electron chi connectivity index (χ2n) is 7.27. The number of aromatic nitrogens is 3. The fourth-order valence-corrected chi connectivity index (χ4v) is 3.76. The molecular formula is C22H21ClN4O2. The van der Waals surface area contributed by atoms with Gasteiger partial charge in [-0.2, -0.15) is 0 Å². The molecule has 1 aliphatic rings. The average molecular weight is 409 g/mol. The Morgan fingerprint density at radius 1 is 1.17 bits per heavy atom. The first-order chi connectivity index (χ1) is 14.0. The third kappa shape index (κ3) is 4.07. The largest absolute Gasteiger partial charge is 0.489 e. The van der Waals surface area contributed by atoms with Gasteiger partial charge in [-0.1, -0.05) is 48.0 Å². The van der Waals surface area contributed by atoms with Gasteiger partial charge in [0.1, 0.15) is 16.8 Å². The second-order valence-corrected chi connectivity index (χ2v) is 7.66. The number of nitrogens with one attached hydrogen (secondary N) is 1. The quantitative estimate of drug-likeness (QED) is 0.621. The van der Waals surface area contributed by atoms with Gasteiger partial charge in [0.25, 0.3) is 0 Å². The van der Waals surface area contributed by atoms with Crippen molar-refractivity contribution in [3.8, 4) is 5.75 Å². The van der Waals surface area contributed by atoms with Crippen molar-refractivity contribution in [3.05, 3.63) is 77.0 Å². The summed E-state index contributed by atoms with van der Waals surface area (Å²) in [6, 6.07) is 15.1. The van der Waals surface area contributed by atoms with Crippen LogP contribution in [0.2, 0.25) is 5.15 Å². The van der Waals surface area contributed by atoms with E-state index in [1.165, 1.54) is 0 Å². The van der Waals surface area contributed by atoms with Gasteiger partial charge in [0.2, 0.25) is 5.91 Å². The lowest BCUT2D eigenvalue weighted by Gasteiger charge is -2.19. The van der Waals surface area contributed by atoms with Crippen molar-refractivity contribution in [3.63, 3.8) is 0 Å². The Kier molecular flexibility index (Phi) is 5.20. The van der Waals surface area contributed by atoms with Crippen LogP contribution in [0.1, 0.15) is 23.5 Å². The molecular weight excluding hydrogens is 388 g/mol. The Bertz CT molecular complexity index is 1040. The molecule has 1 fully saturated rings. The number of carbonyl (C=O) groups excluding carboxylic acids is 1. The minimum Gasteiger partial charge on any atom is -0.489 e. The predicted octanol–water partition coefficient (Wildman–Crippen LogP) is 4.12. The molecule has 1 aliphatic carbocycles. The highest BCUT2D eigenvalue weighted by atomic mass is 35.5. The molecule has 0 bridgehead atoms. The van der Waals surface area contributed by atoms with Crippen LogP contribution >= 0.6 is 11.6 Å². The van der Waals surface area contributed by atoms with Gasteiger partial charge in [0.15, 0.2) is 5.75 Å². The minimum absolute atomic E-state index is 0.0934. The minimum atomic E-state index is -0.402. The van der Waals surface area contributed by atoms with Gasteiger partial charge in [-0.3, -0.25) is 4.79 Å². The van der Waals surface area contributed by atoms with Gasteiger partial charge in [-0.25, -0.2) is 15.0 Å². The van der Waals surface area contributed by atoms with Crippen molar-refractivity contribution in [1.82, 2.24) is 15.0 Å². The van der Waals surface area contributed by atoms with E-state index in [9.17, 15) is 4.79 Å². The topological polar surface area (TPSA) is 77.0 Å². The predicted molar refractivity (Wildman–Crippen MR) is 111 cm³/mol. The molecule has 4 rings (SSSR count). The standard InChI is InChI=1S/C22H21ClN4O2/c1-14-18(12-24-15(2)25-14)29-13-22(16-7-4-3-5-8-16)11-17(22)21(28)27-20-10-6-9-19(23)26-20/h3-10,12,17H,11,13H2,1-2H3,(H,26,27,28)/t17-,22+/m0/s1. The molecule has 1 N–H and O–H groups in total. The Morgan fingerprint density at radius 2 is 1.97 bits per heavy atom. The van der Waals surface area contributed by atoms with E-state index in [1.54, 1.807) is 24.4 Å². The lowest BCUT2D eigenvalue weighted by molar-refractivity contribution is -0.117. The molecule has 29 heavy (non-hydrogen) atoms. The normalized spacial score (nSPS) is 20.2. The zero-order valence-corrected chi connectivity index (χ0v) is 17.0. The molecule has 0 aliphatic heterocycles. The van der Waals surface area contributed by atoms with Crippen LogP contribution in [0.5, 0.6) is 5.75 Å². The second kappa shape index (κ2) is 7.79. The van der Waals surface area contributed by atoms with Gasteiger partial charge in [0.05, 0.1) is 24.4 Å². The maximum absolute atomic E-state index is 12.9. The van der Waals surface area contributed by atoms with Crippen LogP contribution in [0.3, 0.4) is 0 Å². The lowest BCUT2D eigenvalue weighted by atomic mass is 9.93. The zero-order chi connectivity index (χ0) is 20.4. The number of halogens is 1. The molecule has 2 atom stereocenters. The zero-order valence-electron chi connectivity index (χ0n) is 16.2. The van der Waals surface area contributed by atoms with Crippen molar-refractivity contribution in [2.75, 3.05) is 11.9 Å². The molecule has 3 aromatic rings. The Labute approximate surface area is 174 Å². The summed E-state index contributed by atoms with van der Waals surface area (Å²) in [5.74, 6) is 1.46. The van der Waals surface area contributed by atoms with E-state index in [4.69, 9.17) is 16.3 Å². The van der Waals surface area contributed by atoms with E-state index < -0.39 is 5.41 Å². The first-order valence-corrected chi connectivity index (χ1v) is 9.78. The van der Waals surface area contributed by atoms with Crippen LogP contribution in [0.25, 0.3) is 0 Å². The SMILES string of the molecule is Cc1ncc(OC[C@@]2(c3ccccc3)C[C@H]2C(=O)Nc2cccc(Cl)n2)c(C)n1. The number of pyridine rings is 1. The van der Waals surface area contributed by atoms with Gasteiger partial charge in [-0.05, 0) is 38.0 Å². The summed E-state index contributed by atoms with van der Waals surface area (Å²) in [7, 11) is 0. The van der Waals surface area contributed by atoms with Crippen molar-refractivity contribution < 1.29 is 9.53 Å². The molecule has 6 nitrogen and oxygen atoms in total. The number of amides is 1. The summed E-state index contributed by atoms with van der Waals surface area (Å²) in [5, 5.41) is 3.21. The third-order valence-electron chi connectivity index (χ3n) is 5.25. The third-order valence-corrected chi connectivity index (χ3v) is 5.46. The van der Waals surface area contributed by atoms with Gasteiger partial charge >= 0.3 is 0 Å². The molecule has 148 valence electrons. The Hall–Kier alpha value is -2.99. The lowest BCUT2D eigenvalue weighted by Crippen LogP contribution is -2.27. The molecule has 0 radical (unpaired) electrons. The summed E-state index contributed by atoms with van der Waals surface area (Å²) < 4.78 is 6.08. The Morgan fingerprint density at radius 3 is 2.69 bits per heavy atom. The number of carbonyl (C=O) groups is 1. The fraction of sp³-hybridized carbons (Fsp3) is 0.273. The van der Waals surface area contributed by atoms with E-state index in [0.717, 1.165) is 11.3 Å². The number of nitrogens with zero attached hydrogens (tertiary/aromatic N) is 3. The fourth-order valence-electron chi connectivity index (χ4n) is 3.59. The van der Waals surface area contributed by atoms with Crippen LogP contribution in [-0.2, 0) is 10.2 Å². The molecule has 1 amide bonds. The molecule has 7 heteroatoms. The number of hydrogen-bond acceptors (Lipinski definition) is 5. The number of hydrogen-bond donors (Lipinski definition) is 1. The van der Waals surface area contributed by atoms with Crippen LogP contribution in [-0.4, -0.2) is 27.5 Å². The molecule has 1 saturated carbocycles. The van der Waals surface area contributed by atoms with E-state index in [1.807, 2.05) is 44.2 Å². The summed E-state index contributed by atoms with van der Waals surface area (Å²) in [6.07, 6.45) is 2.37. The molecule has 0 saturated heterocycles. The van der Waals surface area contributed by atoms with E-state index in [2.05, 4.69) is 20.3 Å². The van der Waals surface area contributed by atoms with Gasteiger partial charge in [-0.15, -0.1) is 0 Å². The molecule has 0 unspecified atom stereocenters. The summed E-state index contributed by atoms with van der Waals surface area (Å²) >= 11 is 5.92. The van der Waals surface area contributed by atoms with Crippen LogP contribution in [0, 0.1) is 19.8 Å². The molecule has 2 aromatic heterocycles. The van der Waals surface area contributed by atoms with Crippen molar-refractivity contribution in [2.45, 2.75) is 25.7 Å². The summed E-state index contributed by atoms with van der Waals surface area (Å²) in [5.41, 5.74) is 1.46. The van der Waals surface area contributed by atoms with Crippen LogP contribution < -0.4 is 10.1 Å². The van der Waals surface area contributed by atoms with Gasteiger partial charge in [0, 0.05) is 5.41 Å². The van der Waals surface area contributed by atoms with E-state index in [0.29, 0.717) is 35.6 Å². The number of aryl methyl sites for hydroxylation is 2. The van der Waals surface area contributed by atoms with E-state index >= 15 is 0 Å². The number of benzene rings is 1. The monoisotopic (exact) mass is 408 g/mol. The highest BCUT2D eigenvalue weighted by Crippen LogP contribution is 2.55. The first kappa shape index (κ1) is 19.3. The van der Waals surface area contributed by atoms with Crippen molar-refractivity contribution in [1.29, 1.82) is 0 Å². The highest BCUT2D eigenvalue weighted by Gasteiger charge is 2.60. The van der Waals surface area contributed by atoms with Crippen LogP contribution in [0.4, 0.5) is 5.82 Å². The van der Waals surface area contributed by atoms with Crippen LogP contribution in [0.15, 0.2) is 54.7 Å². The highest BCUT2D eigenvalue weighted by molar-refractivity contribution is 6.29. The molecule has 1 aromatic carbocycles. The summed E-state index contributed by atoms with van der Waals surface area (Å²) in [6.45, 7) is 4.10. The van der Waals surface area contributed by atoms with Gasteiger partial charge < -0.3 is 10.1 Å². The first-order valence-electron chi connectivity index (χ1n) is 9.40. The maximum Gasteiger partial charge on any atom is 0.229 e. The smallest absolute Gasteiger partial charge is 0.229 e. The number of anilines is 1. The Balaban J connectivity index is 1.54. The maximum atomic E-state index is 12.9. The molecule has 0 spiro atoms.